The molecule has 30 heavy (non-hydrogen) atoms. The molecule has 7 heteroatoms. The van der Waals surface area contributed by atoms with Gasteiger partial charge < -0.3 is 15.0 Å². The number of hydrogen-bond acceptors (Lipinski definition) is 6. The maximum absolute atomic E-state index is 5.52. The predicted molar refractivity (Wildman–Crippen MR) is 131 cm³/mol. The Morgan fingerprint density at radius 3 is 2.50 bits per heavy atom. The van der Waals surface area contributed by atoms with Crippen LogP contribution in [-0.2, 0) is 5.75 Å². The molecule has 0 bridgehead atoms. The zero-order valence-electron chi connectivity index (χ0n) is 17.8. The van der Waals surface area contributed by atoms with E-state index < -0.39 is 0 Å². The lowest BCUT2D eigenvalue weighted by atomic mass is 10.2. The highest BCUT2D eigenvalue weighted by Gasteiger charge is 2.12. The minimum absolute atomic E-state index is 0.754. The minimum Gasteiger partial charge on any atom is -0.496 e. The lowest BCUT2D eigenvalue weighted by Crippen LogP contribution is -2.25. The summed E-state index contributed by atoms with van der Waals surface area (Å²) >= 11 is 5.23. The van der Waals surface area contributed by atoms with Crippen LogP contribution >= 0.6 is 27.7 Å². The van der Waals surface area contributed by atoms with Gasteiger partial charge in [0.15, 0.2) is 5.82 Å². The van der Waals surface area contributed by atoms with Crippen LogP contribution in [0.2, 0.25) is 0 Å². The van der Waals surface area contributed by atoms with E-state index in [4.69, 9.17) is 14.7 Å². The fourth-order valence-corrected chi connectivity index (χ4v) is 4.60. The van der Waals surface area contributed by atoms with E-state index in [1.54, 1.807) is 18.9 Å². The summed E-state index contributed by atoms with van der Waals surface area (Å²) in [5, 5.41) is 4.44. The summed E-state index contributed by atoms with van der Waals surface area (Å²) < 4.78 is 6.56. The Hall–Kier alpha value is -1.83. The standard InChI is InChI=1S/C23H29BrN4OS/c1-4-28(5-2)14-8-13-25-22-23(27-20-10-7-6-9-19(20)26-22)30-16-17-15-18(24)11-12-21(17)29-3/h6-7,9-12,15H,4-5,8,13-14,16H2,1-3H3,(H,25,26). The van der Waals surface area contributed by atoms with Gasteiger partial charge in [-0.2, -0.15) is 0 Å². The number of fused-ring (bicyclic) bond motifs is 1. The number of anilines is 1. The summed E-state index contributed by atoms with van der Waals surface area (Å²) in [6.45, 7) is 8.53. The van der Waals surface area contributed by atoms with Gasteiger partial charge in [0.2, 0.25) is 0 Å². The number of nitrogens with zero attached hydrogens (tertiary/aromatic N) is 3. The summed E-state index contributed by atoms with van der Waals surface area (Å²) in [6.07, 6.45) is 1.07. The van der Waals surface area contributed by atoms with E-state index in [2.05, 4.69) is 46.1 Å². The predicted octanol–water partition coefficient (Wildman–Crippen LogP) is 5.84. The van der Waals surface area contributed by atoms with E-state index in [1.807, 2.05) is 36.4 Å². The number of aromatic nitrogens is 2. The largest absolute Gasteiger partial charge is 0.496 e. The van der Waals surface area contributed by atoms with Crippen molar-refractivity contribution in [2.45, 2.75) is 31.0 Å². The van der Waals surface area contributed by atoms with Gasteiger partial charge in [0.25, 0.3) is 0 Å². The molecule has 0 atom stereocenters. The van der Waals surface area contributed by atoms with Gasteiger partial charge in [-0.25, -0.2) is 9.97 Å². The molecular formula is C23H29BrN4OS. The van der Waals surface area contributed by atoms with E-state index in [0.29, 0.717) is 0 Å². The van der Waals surface area contributed by atoms with Crippen molar-refractivity contribution in [3.63, 3.8) is 0 Å². The molecule has 0 aliphatic rings. The van der Waals surface area contributed by atoms with Crippen LogP contribution in [0.25, 0.3) is 11.0 Å². The molecule has 1 heterocycles. The Balaban J connectivity index is 1.76. The van der Waals surface area contributed by atoms with E-state index in [9.17, 15) is 0 Å². The summed E-state index contributed by atoms with van der Waals surface area (Å²) in [7, 11) is 1.70. The molecule has 0 saturated heterocycles. The molecule has 160 valence electrons. The van der Waals surface area contributed by atoms with Gasteiger partial charge in [-0.15, -0.1) is 0 Å². The van der Waals surface area contributed by atoms with Gasteiger partial charge in [0.05, 0.1) is 18.1 Å². The number of ether oxygens (including phenoxy) is 1. The van der Waals surface area contributed by atoms with E-state index in [-0.39, 0.29) is 0 Å². The van der Waals surface area contributed by atoms with Crippen LogP contribution in [0.5, 0.6) is 5.75 Å². The van der Waals surface area contributed by atoms with Crippen LogP contribution in [0.15, 0.2) is 52.0 Å². The molecule has 2 aromatic carbocycles. The van der Waals surface area contributed by atoms with E-state index >= 15 is 0 Å². The van der Waals surface area contributed by atoms with Crippen molar-refractivity contribution >= 4 is 44.5 Å². The minimum atomic E-state index is 0.754. The molecule has 0 fully saturated rings. The maximum Gasteiger partial charge on any atom is 0.159 e. The molecule has 0 aliphatic heterocycles. The van der Waals surface area contributed by atoms with Crippen molar-refractivity contribution < 1.29 is 4.74 Å². The van der Waals surface area contributed by atoms with Crippen molar-refractivity contribution in [3.05, 3.63) is 52.5 Å². The molecule has 1 aromatic heterocycles. The fourth-order valence-electron chi connectivity index (χ4n) is 3.26. The Kier molecular flexibility index (Phi) is 8.78. The highest BCUT2D eigenvalue weighted by molar-refractivity contribution is 9.10. The number of thioether (sulfide) groups is 1. The normalized spacial score (nSPS) is 11.2. The monoisotopic (exact) mass is 488 g/mol. The summed E-state index contributed by atoms with van der Waals surface area (Å²) in [5.74, 6) is 2.49. The zero-order chi connectivity index (χ0) is 21.3. The van der Waals surface area contributed by atoms with Gasteiger partial charge in [-0.05, 0) is 56.4 Å². The van der Waals surface area contributed by atoms with Crippen molar-refractivity contribution in [2.24, 2.45) is 0 Å². The average molecular weight is 489 g/mol. The zero-order valence-corrected chi connectivity index (χ0v) is 20.2. The number of halogens is 1. The lowest BCUT2D eigenvalue weighted by molar-refractivity contribution is 0.303. The first-order valence-corrected chi connectivity index (χ1v) is 12.1. The highest BCUT2D eigenvalue weighted by atomic mass is 79.9. The summed E-state index contributed by atoms with van der Waals surface area (Å²) in [5.41, 5.74) is 2.95. The van der Waals surface area contributed by atoms with Crippen LogP contribution in [0.3, 0.4) is 0 Å². The second-order valence-electron chi connectivity index (χ2n) is 6.92. The molecule has 3 rings (SSSR count). The Morgan fingerprint density at radius 2 is 1.80 bits per heavy atom. The van der Waals surface area contributed by atoms with Crippen LogP contribution in [0.1, 0.15) is 25.8 Å². The number of nitrogens with one attached hydrogen (secondary N) is 1. The van der Waals surface area contributed by atoms with Crippen LogP contribution < -0.4 is 10.1 Å². The smallest absolute Gasteiger partial charge is 0.159 e. The summed E-state index contributed by atoms with van der Waals surface area (Å²) in [6, 6.07) is 14.1. The third-order valence-corrected chi connectivity index (χ3v) is 6.49. The Bertz CT molecular complexity index is 965. The molecule has 0 unspecified atom stereocenters. The first-order chi connectivity index (χ1) is 14.6. The molecule has 0 amide bonds. The number of rotatable bonds is 11. The van der Waals surface area contributed by atoms with E-state index in [1.165, 1.54) is 0 Å². The van der Waals surface area contributed by atoms with Gasteiger partial charge in [0, 0.05) is 22.3 Å². The second kappa shape index (κ2) is 11.5. The SMILES string of the molecule is CCN(CC)CCCNc1nc2ccccc2nc1SCc1cc(Br)ccc1OC. The number of methoxy groups -OCH3 is 1. The molecule has 5 nitrogen and oxygen atoms in total. The van der Waals surface area contributed by atoms with Gasteiger partial charge in [-0.1, -0.05) is 53.7 Å². The van der Waals surface area contributed by atoms with Gasteiger partial charge in [0.1, 0.15) is 10.8 Å². The van der Waals surface area contributed by atoms with Crippen molar-refractivity contribution in [2.75, 3.05) is 38.6 Å². The van der Waals surface area contributed by atoms with Crippen LogP contribution in [0.4, 0.5) is 5.82 Å². The van der Waals surface area contributed by atoms with Crippen molar-refractivity contribution in [1.29, 1.82) is 0 Å². The summed E-state index contributed by atoms with van der Waals surface area (Å²) in [4.78, 5) is 12.2. The fraction of sp³-hybridized carbons (Fsp3) is 0.391. The lowest BCUT2D eigenvalue weighted by Gasteiger charge is -2.18. The van der Waals surface area contributed by atoms with Crippen molar-refractivity contribution in [3.8, 4) is 5.75 Å². The average Bonchev–Trinajstić information content (AvgIpc) is 2.77. The molecule has 0 saturated carbocycles. The quantitative estimate of drug-likeness (QED) is 0.270. The highest BCUT2D eigenvalue weighted by Crippen LogP contribution is 2.33. The van der Waals surface area contributed by atoms with E-state index in [0.717, 1.165) is 76.0 Å². The third-order valence-electron chi connectivity index (χ3n) is 4.98. The molecular weight excluding hydrogens is 460 g/mol. The van der Waals surface area contributed by atoms with Crippen molar-refractivity contribution in [1.82, 2.24) is 14.9 Å². The number of hydrogen-bond donors (Lipinski definition) is 1. The second-order valence-corrected chi connectivity index (χ2v) is 8.80. The van der Waals surface area contributed by atoms with Crippen LogP contribution in [-0.4, -0.2) is 48.2 Å². The number of benzene rings is 2. The molecule has 1 N–H and O–H groups in total. The Morgan fingerprint density at radius 1 is 1.07 bits per heavy atom. The molecule has 3 aromatic rings. The first-order valence-electron chi connectivity index (χ1n) is 10.3. The van der Waals surface area contributed by atoms with Gasteiger partial charge >= 0.3 is 0 Å². The first kappa shape index (κ1) is 22.8. The number of para-hydroxylation sites is 2. The Labute approximate surface area is 191 Å². The molecule has 0 aliphatic carbocycles. The van der Waals surface area contributed by atoms with Gasteiger partial charge in [-0.3, -0.25) is 0 Å². The third kappa shape index (κ3) is 6.09. The molecule has 0 radical (unpaired) electrons. The molecule has 0 spiro atoms. The topological polar surface area (TPSA) is 50.3 Å². The van der Waals surface area contributed by atoms with Crippen LogP contribution in [0, 0.1) is 0 Å². The maximum atomic E-state index is 5.52.